The predicted molar refractivity (Wildman–Crippen MR) is 66.5 cm³/mol. The van der Waals surface area contributed by atoms with Crippen LogP contribution in [0, 0.1) is 0 Å². The minimum Gasteiger partial charge on any atom is -0.464 e. The van der Waals surface area contributed by atoms with E-state index in [9.17, 15) is 19.2 Å². The van der Waals surface area contributed by atoms with Crippen LogP contribution in [-0.4, -0.2) is 41.6 Å². The van der Waals surface area contributed by atoms with Crippen LogP contribution in [0.4, 0.5) is 4.79 Å². The topological polar surface area (TPSA) is 111 Å². The lowest BCUT2D eigenvalue weighted by Gasteiger charge is -2.26. The van der Waals surface area contributed by atoms with Gasteiger partial charge in [-0.1, -0.05) is 0 Å². The second kappa shape index (κ2) is 5.48. The Labute approximate surface area is 116 Å². The number of alkyl carbamates (subject to hydrolysis) is 1. The Morgan fingerprint density at radius 3 is 2.35 bits per heavy atom. The summed E-state index contributed by atoms with van der Waals surface area (Å²) in [5, 5.41) is 4.11. The first-order valence-electron chi connectivity index (χ1n) is 6.13. The number of carbonyl (C=O) groups excluding carboxylic acids is 4. The van der Waals surface area contributed by atoms with Crippen molar-refractivity contribution in [1.82, 2.24) is 10.6 Å². The van der Waals surface area contributed by atoms with Crippen LogP contribution in [0.5, 0.6) is 0 Å². The van der Waals surface area contributed by atoms with Crippen LogP contribution in [0.25, 0.3) is 0 Å². The van der Waals surface area contributed by atoms with Gasteiger partial charge in [-0.2, -0.15) is 0 Å². The van der Waals surface area contributed by atoms with E-state index in [2.05, 4.69) is 5.32 Å². The third kappa shape index (κ3) is 3.46. The lowest BCUT2D eigenvalue weighted by atomic mass is 9.98. The average Bonchev–Trinajstić information content (AvgIpc) is 2.52. The zero-order valence-corrected chi connectivity index (χ0v) is 11.9. The molecule has 0 saturated carbocycles. The first-order valence-corrected chi connectivity index (χ1v) is 6.13. The highest BCUT2D eigenvalue weighted by molar-refractivity contribution is 6.21. The van der Waals surface area contributed by atoms with Crippen molar-refractivity contribution in [3.63, 3.8) is 0 Å². The zero-order chi connectivity index (χ0) is 15.6. The van der Waals surface area contributed by atoms with Gasteiger partial charge in [0.2, 0.25) is 11.4 Å². The van der Waals surface area contributed by atoms with E-state index in [0.29, 0.717) is 0 Å². The molecule has 0 radical (unpaired) electrons. The molecule has 112 valence electrons. The zero-order valence-electron chi connectivity index (χ0n) is 11.9. The summed E-state index contributed by atoms with van der Waals surface area (Å²) >= 11 is 0. The standard InChI is InChI=1S/C12H18N2O6/c1-5-19-9(17)12(6-7(15)13-8(12)16)14-10(18)20-11(2,3)4/h5-6H2,1-4H3,(H,14,18)(H,13,15,16). The molecular weight excluding hydrogens is 268 g/mol. The molecule has 20 heavy (non-hydrogen) atoms. The average molecular weight is 286 g/mol. The van der Waals surface area contributed by atoms with Crippen molar-refractivity contribution >= 4 is 23.9 Å². The van der Waals surface area contributed by atoms with E-state index < -0.39 is 41.4 Å². The maximum Gasteiger partial charge on any atom is 0.408 e. The normalized spacial score (nSPS) is 22.2. The van der Waals surface area contributed by atoms with Gasteiger partial charge in [0.15, 0.2) is 0 Å². The number of nitrogens with one attached hydrogen (secondary N) is 2. The second-order valence-corrected chi connectivity index (χ2v) is 5.31. The number of esters is 1. The Hall–Kier alpha value is -2.12. The van der Waals surface area contributed by atoms with Crippen molar-refractivity contribution in [2.75, 3.05) is 6.61 Å². The fraction of sp³-hybridized carbons (Fsp3) is 0.667. The molecule has 2 N–H and O–H groups in total. The summed E-state index contributed by atoms with van der Waals surface area (Å²) in [5.74, 6) is -2.58. The molecule has 1 saturated heterocycles. The molecule has 1 heterocycles. The van der Waals surface area contributed by atoms with Gasteiger partial charge in [-0.25, -0.2) is 9.59 Å². The fourth-order valence-electron chi connectivity index (χ4n) is 1.65. The van der Waals surface area contributed by atoms with Gasteiger partial charge in [-0.3, -0.25) is 20.2 Å². The van der Waals surface area contributed by atoms with Crippen LogP contribution < -0.4 is 10.6 Å². The molecule has 8 nitrogen and oxygen atoms in total. The molecular formula is C12H18N2O6. The molecule has 0 spiro atoms. The first-order chi connectivity index (χ1) is 9.10. The number of amides is 3. The van der Waals surface area contributed by atoms with Gasteiger partial charge in [0, 0.05) is 0 Å². The van der Waals surface area contributed by atoms with E-state index in [1.165, 1.54) is 0 Å². The van der Waals surface area contributed by atoms with Crippen molar-refractivity contribution in [2.45, 2.75) is 45.3 Å². The maximum atomic E-state index is 11.9. The largest absolute Gasteiger partial charge is 0.464 e. The molecule has 0 aromatic carbocycles. The molecule has 0 aromatic rings. The number of ether oxygens (including phenoxy) is 2. The molecule has 1 unspecified atom stereocenters. The van der Waals surface area contributed by atoms with E-state index in [-0.39, 0.29) is 6.61 Å². The van der Waals surface area contributed by atoms with E-state index in [1.54, 1.807) is 27.7 Å². The summed E-state index contributed by atoms with van der Waals surface area (Å²) in [4.78, 5) is 46.8. The third-order valence-electron chi connectivity index (χ3n) is 2.40. The first kappa shape index (κ1) is 15.9. The highest BCUT2D eigenvalue weighted by Crippen LogP contribution is 2.20. The Morgan fingerprint density at radius 1 is 1.35 bits per heavy atom. The number of hydrogen-bond acceptors (Lipinski definition) is 6. The summed E-state index contributed by atoms with van der Waals surface area (Å²) in [7, 11) is 0. The van der Waals surface area contributed by atoms with E-state index in [4.69, 9.17) is 9.47 Å². The van der Waals surface area contributed by atoms with E-state index in [1.807, 2.05) is 5.32 Å². The third-order valence-corrected chi connectivity index (χ3v) is 2.40. The quantitative estimate of drug-likeness (QED) is 0.424. The van der Waals surface area contributed by atoms with E-state index >= 15 is 0 Å². The van der Waals surface area contributed by atoms with Crippen LogP contribution in [0.15, 0.2) is 0 Å². The van der Waals surface area contributed by atoms with Gasteiger partial charge < -0.3 is 9.47 Å². The lowest BCUT2D eigenvalue weighted by Crippen LogP contribution is -2.60. The lowest BCUT2D eigenvalue weighted by molar-refractivity contribution is -0.154. The minimum absolute atomic E-state index is 0.0120. The molecule has 1 rings (SSSR count). The Kier molecular flexibility index (Phi) is 4.36. The van der Waals surface area contributed by atoms with Crippen molar-refractivity contribution in [3.8, 4) is 0 Å². The van der Waals surface area contributed by atoms with Gasteiger partial charge in [0.25, 0.3) is 5.91 Å². The van der Waals surface area contributed by atoms with Crippen molar-refractivity contribution in [2.24, 2.45) is 0 Å². The number of carbonyl (C=O) groups is 4. The van der Waals surface area contributed by atoms with Crippen molar-refractivity contribution in [3.05, 3.63) is 0 Å². The highest BCUT2D eigenvalue weighted by atomic mass is 16.6. The van der Waals surface area contributed by atoms with Gasteiger partial charge in [-0.15, -0.1) is 0 Å². The molecule has 0 aromatic heterocycles. The molecule has 1 aliphatic rings. The summed E-state index contributed by atoms with van der Waals surface area (Å²) in [5.41, 5.74) is -2.87. The molecule has 0 aliphatic carbocycles. The fourth-order valence-corrected chi connectivity index (χ4v) is 1.65. The van der Waals surface area contributed by atoms with Crippen LogP contribution in [0.3, 0.4) is 0 Å². The second-order valence-electron chi connectivity index (χ2n) is 5.31. The number of imide groups is 1. The molecule has 1 fully saturated rings. The maximum absolute atomic E-state index is 11.9. The molecule has 8 heteroatoms. The Balaban J connectivity index is 2.96. The molecule has 1 aliphatic heterocycles. The molecule has 1 atom stereocenters. The van der Waals surface area contributed by atoms with Gasteiger partial charge in [0.1, 0.15) is 5.60 Å². The number of rotatable bonds is 3. The van der Waals surface area contributed by atoms with Crippen LogP contribution in [0.2, 0.25) is 0 Å². The predicted octanol–water partition coefficient (Wildman–Crippen LogP) is -0.141. The molecule has 0 bridgehead atoms. The van der Waals surface area contributed by atoms with E-state index in [0.717, 1.165) is 0 Å². The van der Waals surface area contributed by atoms with Crippen LogP contribution in [-0.2, 0) is 23.9 Å². The smallest absolute Gasteiger partial charge is 0.408 e. The summed E-state index contributed by atoms with van der Waals surface area (Å²) in [6, 6.07) is 0. The summed E-state index contributed by atoms with van der Waals surface area (Å²) < 4.78 is 9.74. The van der Waals surface area contributed by atoms with Crippen molar-refractivity contribution < 1.29 is 28.7 Å². The molecule has 3 amide bonds. The van der Waals surface area contributed by atoms with Gasteiger partial charge in [0.05, 0.1) is 13.0 Å². The highest BCUT2D eigenvalue weighted by Gasteiger charge is 2.56. The Morgan fingerprint density at radius 2 is 1.95 bits per heavy atom. The van der Waals surface area contributed by atoms with Gasteiger partial charge >= 0.3 is 12.1 Å². The number of hydrogen-bond donors (Lipinski definition) is 2. The summed E-state index contributed by atoms with van der Waals surface area (Å²) in [6.45, 7) is 6.45. The SMILES string of the molecule is CCOC(=O)C1(NC(=O)OC(C)(C)C)CC(=O)NC1=O. The minimum atomic E-state index is -2.06. The van der Waals surface area contributed by atoms with Crippen LogP contribution in [0.1, 0.15) is 34.1 Å². The van der Waals surface area contributed by atoms with Gasteiger partial charge in [-0.05, 0) is 27.7 Å². The Bertz CT molecular complexity index is 453. The summed E-state index contributed by atoms with van der Waals surface area (Å²) in [6.07, 6.45) is -1.49. The van der Waals surface area contributed by atoms with Crippen molar-refractivity contribution in [1.29, 1.82) is 0 Å². The van der Waals surface area contributed by atoms with Crippen LogP contribution >= 0.6 is 0 Å². The monoisotopic (exact) mass is 286 g/mol.